The van der Waals surface area contributed by atoms with Crippen LogP contribution in [0.4, 0.5) is 5.69 Å². The molecule has 0 aromatic heterocycles. The summed E-state index contributed by atoms with van der Waals surface area (Å²) in [5, 5.41) is 13.1. The molecule has 3 aromatic rings. The van der Waals surface area contributed by atoms with E-state index in [2.05, 4.69) is 21.2 Å². The van der Waals surface area contributed by atoms with E-state index >= 15 is 0 Å². The number of carbonyl (C=O) groups excluding carboxylic acids is 1. The molecule has 3 rings (SSSR count). The fourth-order valence-electron chi connectivity index (χ4n) is 2.87. The van der Waals surface area contributed by atoms with Crippen molar-refractivity contribution in [2.24, 2.45) is 0 Å². The van der Waals surface area contributed by atoms with Crippen LogP contribution in [-0.4, -0.2) is 12.5 Å². The molecule has 1 amide bonds. The third-order valence-electron chi connectivity index (χ3n) is 4.40. The van der Waals surface area contributed by atoms with Crippen molar-refractivity contribution in [3.63, 3.8) is 0 Å². The predicted molar refractivity (Wildman–Crippen MR) is 135 cm³/mol. The number of halogens is 3. The van der Waals surface area contributed by atoms with E-state index in [9.17, 15) is 10.1 Å². The van der Waals surface area contributed by atoms with Gasteiger partial charge in [-0.1, -0.05) is 57.3 Å². The van der Waals surface area contributed by atoms with Crippen molar-refractivity contribution in [3.05, 3.63) is 91.9 Å². The number of hydrogen-bond acceptors (Lipinski definition) is 4. The molecule has 0 fully saturated rings. The van der Waals surface area contributed by atoms with Crippen LogP contribution in [0.1, 0.15) is 18.1 Å². The third-order valence-corrected chi connectivity index (χ3v) is 5.64. The zero-order valence-electron chi connectivity index (χ0n) is 17.6. The Kier molecular flexibility index (Phi) is 8.79. The van der Waals surface area contributed by atoms with Gasteiger partial charge in [0.05, 0.1) is 16.7 Å². The maximum Gasteiger partial charge on any atom is 0.266 e. The van der Waals surface area contributed by atoms with Crippen molar-refractivity contribution in [3.8, 4) is 17.6 Å². The number of carbonyl (C=O) groups is 1. The van der Waals surface area contributed by atoms with Crippen LogP contribution in [0.2, 0.25) is 10.0 Å². The summed E-state index contributed by atoms with van der Waals surface area (Å²) in [7, 11) is 0. The van der Waals surface area contributed by atoms with E-state index in [0.717, 1.165) is 10.0 Å². The number of benzene rings is 3. The predicted octanol–water partition coefficient (Wildman–Crippen LogP) is 7.28. The van der Waals surface area contributed by atoms with Crippen LogP contribution >= 0.6 is 39.1 Å². The fraction of sp³-hybridized carbons (Fsp3) is 0.120. The summed E-state index contributed by atoms with van der Waals surface area (Å²) in [6.45, 7) is 2.55. The minimum Gasteiger partial charge on any atom is -0.490 e. The summed E-state index contributed by atoms with van der Waals surface area (Å²) in [6.07, 6.45) is 1.50. The quantitative estimate of drug-likeness (QED) is 0.238. The van der Waals surface area contributed by atoms with Crippen LogP contribution in [-0.2, 0) is 11.4 Å². The molecule has 0 unspecified atom stereocenters. The Morgan fingerprint density at radius 1 is 1.06 bits per heavy atom. The largest absolute Gasteiger partial charge is 0.490 e. The number of rotatable bonds is 8. The van der Waals surface area contributed by atoms with Crippen LogP contribution in [0, 0.1) is 11.3 Å². The lowest BCUT2D eigenvalue weighted by Crippen LogP contribution is -2.13. The number of amides is 1. The van der Waals surface area contributed by atoms with Gasteiger partial charge in [0.2, 0.25) is 0 Å². The summed E-state index contributed by atoms with van der Waals surface area (Å²) in [5.74, 6) is 0.515. The topological polar surface area (TPSA) is 71.3 Å². The molecule has 8 heteroatoms. The van der Waals surface area contributed by atoms with E-state index in [1.807, 2.05) is 25.1 Å². The zero-order valence-corrected chi connectivity index (χ0v) is 20.7. The Labute approximate surface area is 210 Å². The molecule has 0 aliphatic carbocycles. The lowest BCUT2D eigenvalue weighted by atomic mass is 10.1. The molecule has 0 bridgehead atoms. The van der Waals surface area contributed by atoms with Gasteiger partial charge in [0, 0.05) is 10.2 Å². The summed E-state index contributed by atoms with van der Waals surface area (Å²) < 4.78 is 12.4. The average molecular weight is 546 g/mol. The van der Waals surface area contributed by atoms with Crippen LogP contribution < -0.4 is 14.8 Å². The molecule has 0 aliphatic heterocycles. The molecule has 0 radical (unpaired) electrons. The van der Waals surface area contributed by atoms with Crippen LogP contribution in [0.5, 0.6) is 11.5 Å². The second-order valence-electron chi connectivity index (χ2n) is 6.81. The number of hydrogen-bond donors (Lipinski definition) is 1. The molecular formula is C25H19BrCl2N2O3. The normalized spacial score (nSPS) is 10.9. The van der Waals surface area contributed by atoms with Gasteiger partial charge < -0.3 is 14.8 Å². The highest BCUT2D eigenvalue weighted by Crippen LogP contribution is 2.31. The minimum atomic E-state index is -0.506. The average Bonchev–Trinajstić information content (AvgIpc) is 2.79. The molecule has 33 heavy (non-hydrogen) atoms. The van der Waals surface area contributed by atoms with E-state index in [0.29, 0.717) is 39.4 Å². The molecule has 0 heterocycles. The zero-order chi connectivity index (χ0) is 23.8. The van der Waals surface area contributed by atoms with Gasteiger partial charge in [0.25, 0.3) is 5.91 Å². The first-order chi connectivity index (χ1) is 15.9. The van der Waals surface area contributed by atoms with Gasteiger partial charge >= 0.3 is 0 Å². The number of nitriles is 1. The van der Waals surface area contributed by atoms with Crippen molar-refractivity contribution < 1.29 is 14.3 Å². The molecule has 5 nitrogen and oxygen atoms in total. The first-order valence-electron chi connectivity index (χ1n) is 9.92. The maximum absolute atomic E-state index is 12.6. The van der Waals surface area contributed by atoms with E-state index in [-0.39, 0.29) is 12.2 Å². The SMILES string of the molecule is CCOc1cc(/C=C(/C#N)C(=O)Nc2cccc(Br)c2)ccc1OCc1ccc(Cl)c(Cl)c1. The highest BCUT2D eigenvalue weighted by molar-refractivity contribution is 9.10. The van der Waals surface area contributed by atoms with E-state index < -0.39 is 5.91 Å². The number of nitrogens with one attached hydrogen (secondary N) is 1. The van der Waals surface area contributed by atoms with E-state index in [1.165, 1.54) is 6.08 Å². The first-order valence-corrected chi connectivity index (χ1v) is 11.5. The highest BCUT2D eigenvalue weighted by atomic mass is 79.9. The van der Waals surface area contributed by atoms with Gasteiger partial charge in [0.1, 0.15) is 18.2 Å². The maximum atomic E-state index is 12.6. The van der Waals surface area contributed by atoms with Crippen LogP contribution in [0.3, 0.4) is 0 Å². The lowest BCUT2D eigenvalue weighted by molar-refractivity contribution is -0.112. The number of anilines is 1. The van der Waals surface area contributed by atoms with Gasteiger partial charge in [-0.15, -0.1) is 0 Å². The van der Waals surface area contributed by atoms with Crippen LogP contribution in [0.25, 0.3) is 6.08 Å². The standard InChI is InChI=1S/C25H19BrCl2N2O3/c1-2-32-24-12-16(7-9-23(24)33-15-17-6-8-21(27)22(28)11-17)10-18(14-29)25(31)30-20-5-3-4-19(26)13-20/h3-13H,2,15H2,1H3,(H,30,31)/b18-10-. The highest BCUT2D eigenvalue weighted by Gasteiger charge is 2.12. The number of ether oxygens (including phenoxy) is 2. The summed E-state index contributed by atoms with van der Waals surface area (Å²) in [5.41, 5.74) is 2.02. The summed E-state index contributed by atoms with van der Waals surface area (Å²) in [6, 6.07) is 19.6. The Morgan fingerprint density at radius 3 is 2.58 bits per heavy atom. The second-order valence-corrected chi connectivity index (χ2v) is 8.54. The summed E-state index contributed by atoms with van der Waals surface area (Å²) in [4.78, 5) is 12.6. The van der Waals surface area contributed by atoms with Gasteiger partial charge in [-0.25, -0.2) is 0 Å². The van der Waals surface area contributed by atoms with Crippen molar-refractivity contribution in [1.29, 1.82) is 5.26 Å². The molecule has 0 aliphatic rings. The Bertz CT molecular complexity index is 1240. The van der Waals surface area contributed by atoms with E-state index in [1.54, 1.807) is 48.5 Å². The van der Waals surface area contributed by atoms with Crippen molar-refractivity contribution >= 4 is 56.8 Å². The molecule has 0 atom stereocenters. The Balaban J connectivity index is 1.78. The fourth-order valence-corrected chi connectivity index (χ4v) is 3.59. The van der Waals surface area contributed by atoms with Gasteiger partial charge in [0.15, 0.2) is 11.5 Å². The molecular weight excluding hydrogens is 527 g/mol. The van der Waals surface area contributed by atoms with Gasteiger partial charge in [-0.3, -0.25) is 4.79 Å². The van der Waals surface area contributed by atoms with Crippen molar-refractivity contribution in [2.75, 3.05) is 11.9 Å². The molecule has 0 spiro atoms. The monoisotopic (exact) mass is 544 g/mol. The smallest absolute Gasteiger partial charge is 0.266 e. The lowest BCUT2D eigenvalue weighted by Gasteiger charge is -2.13. The third kappa shape index (κ3) is 7.00. The van der Waals surface area contributed by atoms with Gasteiger partial charge in [-0.2, -0.15) is 5.26 Å². The van der Waals surface area contributed by atoms with Gasteiger partial charge in [-0.05, 0) is 66.6 Å². The second kappa shape index (κ2) is 11.8. The number of nitrogens with zero attached hydrogens (tertiary/aromatic N) is 1. The molecule has 168 valence electrons. The molecule has 3 aromatic carbocycles. The molecule has 1 N–H and O–H groups in total. The summed E-state index contributed by atoms with van der Waals surface area (Å²) >= 11 is 15.4. The van der Waals surface area contributed by atoms with E-state index in [4.69, 9.17) is 32.7 Å². The van der Waals surface area contributed by atoms with Crippen molar-refractivity contribution in [1.82, 2.24) is 0 Å². The first kappa shape index (κ1) is 24.7. The molecule has 0 saturated carbocycles. The Morgan fingerprint density at radius 2 is 1.88 bits per heavy atom. The Hall–Kier alpha value is -2.98. The van der Waals surface area contributed by atoms with Crippen LogP contribution in [0.15, 0.2) is 70.7 Å². The molecule has 0 saturated heterocycles. The van der Waals surface area contributed by atoms with Crippen molar-refractivity contribution in [2.45, 2.75) is 13.5 Å². The minimum absolute atomic E-state index is 0.0399.